The minimum absolute atomic E-state index is 0.139. The Morgan fingerprint density at radius 2 is 2.25 bits per heavy atom. The van der Waals surface area contributed by atoms with Crippen molar-refractivity contribution in [2.24, 2.45) is 0 Å². The summed E-state index contributed by atoms with van der Waals surface area (Å²) < 4.78 is 19.0. The van der Waals surface area contributed by atoms with Gasteiger partial charge in [0, 0.05) is 39.7 Å². The zero-order chi connectivity index (χ0) is 17.4. The SMILES string of the molecule is CNC(=O)NC(=O)CCN(Cc1cccc(F)c1)CC1CCCO1. The smallest absolute Gasteiger partial charge is 0.321 e. The van der Waals surface area contributed by atoms with Crippen LogP contribution in [-0.4, -0.2) is 49.7 Å². The fraction of sp³-hybridized carbons (Fsp3) is 0.529. The average molecular weight is 337 g/mol. The second-order valence-electron chi connectivity index (χ2n) is 5.88. The molecule has 7 heteroatoms. The minimum Gasteiger partial charge on any atom is -0.377 e. The van der Waals surface area contributed by atoms with E-state index < -0.39 is 6.03 Å². The van der Waals surface area contributed by atoms with Crippen molar-refractivity contribution in [3.63, 3.8) is 0 Å². The fourth-order valence-corrected chi connectivity index (χ4v) is 2.72. The van der Waals surface area contributed by atoms with E-state index in [1.807, 2.05) is 6.07 Å². The molecule has 0 spiro atoms. The number of urea groups is 1. The molecule has 24 heavy (non-hydrogen) atoms. The first-order chi connectivity index (χ1) is 11.6. The molecule has 1 aliphatic rings. The number of nitrogens with zero attached hydrogens (tertiary/aromatic N) is 1. The summed E-state index contributed by atoms with van der Waals surface area (Å²) in [4.78, 5) is 25.0. The van der Waals surface area contributed by atoms with Gasteiger partial charge in [0.1, 0.15) is 5.82 Å². The highest BCUT2D eigenvalue weighted by Crippen LogP contribution is 2.15. The van der Waals surface area contributed by atoms with Crippen LogP contribution in [-0.2, 0) is 16.1 Å². The van der Waals surface area contributed by atoms with Gasteiger partial charge in [-0.3, -0.25) is 15.0 Å². The van der Waals surface area contributed by atoms with Gasteiger partial charge in [-0.2, -0.15) is 0 Å². The number of hydrogen-bond donors (Lipinski definition) is 2. The predicted molar refractivity (Wildman–Crippen MR) is 87.9 cm³/mol. The van der Waals surface area contributed by atoms with Crippen LogP contribution in [0.15, 0.2) is 24.3 Å². The Morgan fingerprint density at radius 3 is 2.92 bits per heavy atom. The van der Waals surface area contributed by atoms with Gasteiger partial charge in [-0.1, -0.05) is 12.1 Å². The topological polar surface area (TPSA) is 70.7 Å². The van der Waals surface area contributed by atoms with Gasteiger partial charge in [0.25, 0.3) is 0 Å². The Bertz CT molecular complexity index is 562. The maximum absolute atomic E-state index is 13.4. The molecule has 1 aromatic carbocycles. The van der Waals surface area contributed by atoms with Crippen LogP contribution in [0.25, 0.3) is 0 Å². The Morgan fingerprint density at radius 1 is 1.42 bits per heavy atom. The molecule has 3 amide bonds. The summed E-state index contributed by atoms with van der Waals surface area (Å²) in [6.07, 6.45) is 2.36. The fourth-order valence-electron chi connectivity index (χ4n) is 2.72. The summed E-state index contributed by atoms with van der Waals surface area (Å²) in [7, 11) is 1.45. The summed E-state index contributed by atoms with van der Waals surface area (Å²) in [5.41, 5.74) is 0.847. The average Bonchev–Trinajstić information content (AvgIpc) is 3.05. The molecule has 0 aromatic heterocycles. The summed E-state index contributed by atoms with van der Waals surface area (Å²) in [6.45, 7) is 2.45. The van der Waals surface area contributed by atoms with Gasteiger partial charge >= 0.3 is 6.03 Å². The van der Waals surface area contributed by atoms with E-state index in [9.17, 15) is 14.0 Å². The second kappa shape index (κ2) is 9.34. The van der Waals surface area contributed by atoms with Crippen molar-refractivity contribution in [2.75, 3.05) is 26.7 Å². The van der Waals surface area contributed by atoms with Gasteiger partial charge in [-0.15, -0.1) is 0 Å². The van der Waals surface area contributed by atoms with Crippen molar-refractivity contribution >= 4 is 11.9 Å². The first kappa shape index (κ1) is 18.4. The van der Waals surface area contributed by atoms with Crippen molar-refractivity contribution in [1.82, 2.24) is 15.5 Å². The first-order valence-corrected chi connectivity index (χ1v) is 8.17. The highest BCUT2D eigenvalue weighted by molar-refractivity contribution is 5.94. The molecule has 2 N–H and O–H groups in total. The normalized spacial score (nSPS) is 17.0. The lowest BCUT2D eigenvalue weighted by Gasteiger charge is -2.25. The molecule has 0 bridgehead atoms. The van der Waals surface area contributed by atoms with Crippen molar-refractivity contribution in [3.05, 3.63) is 35.6 Å². The molecular formula is C17H24FN3O3. The number of benzene rings is 1. The Labute approximate surface area is 141 Å². The molecule has 0 saturated carbocycles. The number of carbonyl (C=O) groups is 2. The van der Waals surface area contributed by atoms with Gasteiger partial charge in [-0.25, -0.2) is 9.18 Å². The quantitative estimate of drug-likeness (QED) is 0.794. The van der Waals surface area contributed by atoms with Crippen LogP contribution < -0.4 is 10.6 Å². The number of carbonyl (C=O) groups excluding carboxylic acids is 2. The highest BCUT2D eigenvalue weighted by Gasteiger charge is 2.20. The Kier molecular flexibility index (Phi) is 7.14. The predicted octanol–water partition coefficient (Wildman–Crippen LogP) is 1.65. The molecule has 1 heterocycles. The van der Waals surface area contributed by atoms with Crippen LogP contribution in [0.3, 0.4) is 0 Å². The molecule has 6 nitrogen and oxygen atoms in total. The molecular weight excluding hydrogens is 313 g/mol. The minimum atomic E-state index is -0.518. The molecule has 1 unspecified atom stereocenters. The third kappa shape index (κ3) is 6.25. The van der Waals surface area contributed by atoms with E-state index in [-0.39, 0.29) is 24.2 Å². The number of imide groups is 1. The maximum atomic E-state index is 13.4. The zero-order valence-corrected chi connectivity index (χ0v) is 13.9. The van der Waals surface area contributed by atoms with E-state index in [0.29, 0.717) is 19.6 Å². The molecule has 1 aliphatic heterocycles. The lowest BCUT2D eigenvalue weighted by atomic mass is 10.1. The monoisotopic (exact) mass is 337 g/mol. The van der Waals surface area contributed by atoms with Gasteiger partial charge in [-0.05, 0) is 30.5 Å². The van der Waals surface area contributed by atoms with E-state index in [2.05, 4.69) is 15.5 Å². The number of halogens is 1. The van der Waals surface area contributed by atoms with Crippen LogP contribution in [0.4, 0.5) is 9.18 Å². The van der Waals surface area contributed by atoms with Crippen LogP contribution in [0.5, 0.6) is 0 Å². The molecule has 0 radical (unpaired) electrons. The van der Waals surface area contributed by atoms with Crippen LogP contribution in [0, 0.1) is 5.82 Å². The third-order valence-electron chi connectivity index (χ3n) is 3.92. The van der Waals surface area contributed by atoms with Gasteiger partial charge < -0.3 is 10.1 Å². The molecule has 1 atom stereocenters. The van der Waals surface area contributed by atoms with Crippen LogP contribution in [0.1, 0.15) is 24.8 Å². The van der Waals surface area contributed by atoms with Gasteiger partial charge in [0.2, 0.25) is 5.91 Å². The zero-order valence-electron chi connectivity index (χ0n) is 13.9. The molecule has 1 aromatic rings. The molecule has 132 valence electrons. The Balaban J connectivity index is 1.91. The van der Waals surface area contributed by atoms with Crippen LogP contribution in [0.2, 0.25) is 0 Å². The molecule has 2 rings (SSSR count). The number of amides is 3. The summed E-state index contributed by atoms with van der Waals surface area (Å²) in [6, 6.07) is 5.91. The molecule has 1 fully saturated rings. The van der Waals surface area contributed by atoms with Gasteiger partial charge in [0.15, 0.2) is 0 Å². The number of rotatable bonds is 7. The lowest BCUT2D eigenvalue weighted by Crippen LogP contribution is -2.40. The first-order valence-electron chi connectivity index (χ1n) is 8.17. The summed E-state index contributed by atoms with van der Waals surface area (Å²) in [5, 5.41) is 4.59. The van der Waals surface area contributed by atoms with E-state index in [0.717, 1.165) is 25.0 Å². The molecule has 1 saturated heterocycles. The number of hydrogen-bond acceptors (Lipinski definition) is 4. The van der Waals surface area contributed by atoms with Crippen molar-refractivity contribution < 1.29 is 18.7 Å². The standard InChI is InChI=1S/C17H24FN3O3/c1-19-17(23)20-16(22)7-8-21(12-15-6-3-9-24-15)11-13-4-2-5-14(18)10-13/h2,4-5,10,15H,3,6-9,11-12H2,1H3,(H2,19,20,22,23). The van der Waals surface area contributed by atoms with E-state index in [4.69, 9.17) is 4.74 Å². The van der Waals surface area contributed by atoms with E-state index >= 15 is 0 Å². The molecule has 0 aliphatic carbocycles. The second-order valence-corrected chi connectivity index (χ2v) is 5.88. The highest BCUT2D eigenvalue weighted by atomic mass is 19.1. The summed E-state index contributed by atoms with van der Waals surface area (Å²) >= 11 is 0. The van der Waals surface area contributed by atoms with Crippen molar-refractivity contribution in [1.29, 1.82) is 0 Å². The number of ether oxygens (including phenoxy) is 1. The van der Waals surface area contributed by atoms with E-state index in [1.54, 1.807) is 6.07 Å². The summed E-state index contributed by atoms with van der Waals surface area (Å²) in [5.74, 6) is -0.618. The van der Waals surface area contributed by atoms with Crippen molar-refractivity contribution in [3.8, 4) is 0 Å². The van der Waals surface area contributed by atoms with E-state index in [1.165, 1.54) is 19.2 Å². The third-order valence-corrected chi connectivity index (χ3v) is 3.92. The maximum Gasteiger partial charge on any atom is 0.321 e. The lowest BCUT2D eigenvalue weighted by molar-refractivity contribution is -0.120. The van der Waals surface area contributed by atoms with Crippen LogP contribution >= 0.6 is 0 Å². The Hall–Kier alpha value is -1.99. The van der Waals surface area contributed by atoms with Crippen molar-refractivity contribution in [2.45, 2.75) is 31.9 Å². The largest absolute Gasteiger partial charge is 0.377 e. The number of nitrogens with one attached hydrogen (secondary N) is 2. The van der Waals surface area contributed by atoms with Gasteiger partial charge in [0.05, 0.1) is 6.10 Å².